The van der Waals surface area contributed by atoms with Gasteiger partial charge in [0.1, 0.15) is 0 Å². The summed E-state index contributed by atoms with van der Waals surface area (Å²) in [7, 11) is 1.70. The largest absolute Gasteiger partial charge is 0.346 e. The average molecular weight is 286 g/mol. The molecule has 0 bridgehead atoms. The maximum Gasteiger partial charge on any atom is 0.242 e. The molecular weight excluding hydrogens is 266 g/mol. The van der Waals surface area contributed by atoms with Crippen molar-refractivity contribution in [2.24, 2.45) is 5.73 Å². The molecule has 6 heteroatoms. The number of benzene rings is 1. The fourth-order valence-corrected chi connectivity index (χ4v) is 1.40. The third-order valence-corrected chi connectivity index (χ3v) is 2.52. The Balaban J connectivity index is 0.00000324. The molecule has 106 valence electrons. The van der Waals surface area contributed by atoms with Crippen molar-refractivity contribution in [1.82, 2.24) is 10.2 Å². The van der Waals surface area contributed by atoms with Crippen molar-refractivity contribution in [3.8, 4) is 0 Å². The van der Waals surface area contributed by atoms with Crippen LogP contribution in [0, 0.1) is 0 Å². The van der Waals surface area contributed by atoms with E-state index in [1.165, 1.54) is 0 Å². The third-order valence-electron chi connectivity index (χ3n) is 2.52. The van der Waals surface area contributed by atoms with Crippen LogP contribution in [0.4, 0.5) is 0 Å². The molecule has 1 aromatic carbocycles. The highest BCUT2D eigenvalue weighted by Gasteiger charge is 2.12. The first kappa shape index (κ1) is 17.4. The highest BCUT2D eigenvalue weighted by atomic mass is 35.5. The van der Waals surface area contributed by atoms with Crippen molar-refractivity contribution in [2.45, 2.75) is 19.5 Å². The summed E-state index contributed by atoms with van der Waals surface area (Å²) in [4.78, 5) is 24.5. The molecule has 0 saturated heterocycles. The summed E-state index contributed by atoms with van der Waals surface area (Å²) in [5.74, 6) is -0.468. The number of carbonyl (C=O) groups is 2. The Morgan fingerprint density at radius 1 is 1.32 bits per heavy atom. The predicted molar refractivity (Wildman–Crippen MR) is 76.8 cm³/mol. The van der Waals surface area contributed by atoms with Gasteiger partial charge in [-0.05, 0) is 12.5 Å². The number of nitrogens with two attached hydrogens (primary N) is 1. The lowest BCUT2D eigenvalue weighted by Crippen LogP contribution is -2.43. The zero-order valence-corrected chi connectivity index (χ0v) is 11.9. The van der Waals surface area contributed by atoms with Gasteiger partial charge in [-0.3, -0.25) is 9.59 Å². The monoisotopic (exact) mass is 285 g/mol. The summed E-state index contributed by atoms with van der Waals surface area (Å²) in [6, 6.07) is 9.07. The molecule has 0 aliphatic heterocycles. The first-order valence-corrected chi connectivity index (χ1v) is 5.82. The molecule has 5 nitrogen and oxygen atoms in total. The second-order valence-corrected chi connectivity index (χ2v) is 4.24. The van der Waals surface area contributed by atoms with Crippen molar-refractivity contribution in [3.63, 3.8) is 0 Å². The number of amides is 2. The Morgan fingerprint density at radius 2 is 1.89 bits per heavy atom. The summed E-state index contributed by atoms with van der Waals surface area (Å²) < 4.78 is 0. The second-order valence-electron chi connectivity index (χ2n) is 4.24. The topological polar surface area (TPSA) is 75.4 Å². The minimum absolute atomic E-state index is 0. The van der Waals surface area contributed by atoms with Crippen LogP contribution in [0.5, 0.6) is 0 Å². The van der Waals surface area contributed by atoms with Gasteiger partial charge in [0.05, 0.1) is 12.6 Å². The molecule has 0 saturated carbocycles. The van der Waals surface area contributed by atoms with Crippen LogP contribution in [0.1, 0.15) is 12.5 Å². The summed E-state index contributed by atoms with van der Waals surface area (Å²) in [5.41, 5.74) is 6.43. The van der Waals surface area contributed by atoms with Crippen LogP contribution < -0.4 is 11.1 Å². The number of likely N-dealkylation sites (N-methyl/N-ethyl adjacent to an activating group) is 1. The third kappa shape index (κ3) is 6.22. The maximum atomic E-state index is 11.7. The molecule has 2 amide bonds. The zero-order chi connectivity index (χ0) is 13.5. The Kier molecular flexibility index (Phi) is 7.79. The fraction of sp³-hybridized carbons (Fsp3) is 0.385. The Morgan fingerprint density at radius 3 is 2.42 bits per heavy atom. The number of carbonyl (C=O) groups excluding carboxylic acids is 2. The van der Waals surface area contributed by atoms with Crippen LogP contribution in [0.3, 0.4) is 0 Å². The summed E-state index contributed by atoms with van der Waals surface area (Å²) in [5, 5.41) is 2.49. The molecule has 1 rings (SSSR count). The van der Waals surface area contributed by atoms with Gasteiger partial charge in [0.15, 0.2) is 0 Å². The number of halogens is 1. The summed E-state index contributed by atoms with van der Waals surface area (Å²) >= 11 is 0. The lowest BCUT2D eigenvalue weighted by Gasteiger charge is -2.18. The molecule has 0 aliphatic carbocycles. The normalized spacial score (nSPS) is 11.1. The highest BCUT2D eigenvalue weighted by molar-refractivity contribution is 5.87. The predicted octanol–water partition coefficient (Wildman–Crippen LogP) is 0.530. The van der Waals surface area contributed by atoms with Crippen LogP contribution >= 0.6 is 12.4 Å². The zero-order valence-electron chi connectivity index (χ0n) is 11.1. The lowest BCUT2D eigenvalue weighted by atomic mass is 10.2. The van der Waals surface area contributed by atoms with Crippen molar-refractivity contribution < 1.29 is 9.59 Å². The number of rotatable bonds is 5. The van der Waals surface area contributed by atoms with E-state index >= 15 is 0 Å². The van der Waals surface area contributed by atoms with Gasteiger partial charge in [0, 0.05) is 13.6 Å². The van der Waals surface area contributed by atoms with E-state index in [2.05, 4.69) is 5.32 Å². The van der Waals surface area contributed by atoms with E-state index in [-0.39, 0.29) is 30.8 Å². The average Bonchev–Trinajstić information content (AvgIpc) is 2.36. The standard InChI is InChI=1S/C13H19N3O2.ClH/c1-10(14)13(18)15-8-12(17)16(2)9-11-6-4-3-5-7-11;/h3-7,10H,8-9,14H2,1-2H3,(H,15,18);1H/t10-;/m0./s1. The van der Waals surface area contributed by atoms with Crippen LogP contribution in [-0.4, -0.2) is 36.3 Å². The number of nitrogens with zero attached hydrogens (tertiary/aromatic N) is 1. The van der Waals surface area contributed by atoms with Crippen molar-refractivity contribution >= 4 is 24.2 Å². The summed E-state index contributed by atoms with van der Waals surface area (Å²) in [6.07, 6.45) is 0. The first-order chi connectivity index (χ1) is 8.50. The van der Waals surface area contributed by atoms with Gasteiger partial charge in [0.25, 0.3) is 0 Å². The lowest BCUT2D eigenvalue weighted by molar-refractivity contribution is -0.132. The Bertz CT molecular complexity index is 410. The minimum Gasteiger partial charge on any atom is -0.346 e. The van der Waals surface area contributed by atoms with Crippen molar-refractivity contribution in [2.75, 3.05) is 13.6 Å². The van der Waals surface area contributed by atoms with E-state index < -0.39 is 6.04 Å². The van der Waals surface area contributed by atoms with Crippen LogP contribution in [-0.2, 0) is 16.1 Å². The quantitative estimate of drug-likeness (QED) is 0.829. The fourth-order valence-electron chi connectivity index (χ4n) is 1.40. The van der Waals surface area contributed by atoms with Gasteiger partial charge < -0.3 is 16.0 Å². The molecule has 1 atom stereocenters. The molecule has 0 aliphatic rings. The number of hydrogen-bond acceptors (Lipinski definition) is 3. The molecule has 0 fully saturated rings. The van der Waals surface area contributed by atoms with Crippen molar-refractivity contribution in [3.05, 3.63) is 35.9 Å². The molecule has 0 spiro atoms. The van der Waals surface area contributed by atoms with Gasteiger partial charge in [-0.25, -0.2) is 0 Å². The molecule has 0 unspecified atom stereocenters. The molecule has 3 N–H and O–H groups in total. The van der Waals surface area contributed by atoms with Gasteiger partial charge in [-0.1, -0.05) is 30.3 Å². The van der Waals surface area contributed by atoms with E-state index in [4.69, 9.17) is 5.73 Å². The minimum atomic E-state index is -0.600. The second kappa shape index (κ2) is 8.50. The molecule has 0 radical (unpaired) electrons. The van der Waals surface area contributed by atoms with Crippen molar-refractivity contribution in [1.29, 1.82) is 0 Å². The van der Waals surface area contributed by atoms with Gasteiger partial charge in [0.2, 0.25) is 11.8 Å². The molecular formula is C13H20ClN3O2. The van der Waals surface area contributed by atoms with E-state index in [0.29, 0.717) is 6.54 Å². The number of nitrogens with one attached hydrogen (secondary N) is 1. The van der Waals surface area contributed by atoms with Gasteiger partial charge in [-0.15, -0.1) is 12.4 Å². The molecule has 19 heavy (non-hydrogen) atoms. The molecule has 0 heterocycles. The molecule has 1 aromatic rings. The maximum absolute atomic E-state index is 11.7. The molecule has 0 aromatic heterocycles. The smallest absolute Gasteiger partial charge is 0.242 e. The summed E-state index contributed by atoms with van der Waals surface area (Å²) in [6.45, 7) is 2.07. The van der Waals surface area contributed by atoms with Gasteiger partial charge >= 0.3 is 0 Å². The van der Waals surface area contributed by atoms with E-state index in [0.717, 1.165) is 5.56 Å². The van der Waals surface area contributed by atoms with E-state index in [9.17, 15) is 9.59 Å². The van der Waals surface area contributed by atoms with Gasteiger partial charge in [-0.2, -0.15) is 0 Å². The Labute approximate surface area is 119 Å². The number of hydrogen-bond donors (Lipinski definition) is 2. The first-order valence-electron chi connectivity index (χ1n) is 5.82. The van der Waals surface area contributed by atoms with Crippen LogP contribution in [0.15, 0.2) is 30.3 Å². The highest BCUT2D eigenvalue weighted by Crippen LogP contribution is 2.02. The van der Waals surface area contributed by atoms with Crippen LogP contribution in [0.2, 0.25) is 0 Å². The Hall–Kier alpha value is -1.59. The SMILES string of the molecule is C[C@H](N)C(=O)NCC(=O)N(C)Cc1ccccc1.Cl. The van der Waals surface area contributed by atoms with Crippen LogP contribution in [0.25, 0.3) is 0 Å². The van der Waals surface area contributed by atoms with E-state index in [1.54, 1.807) is 18.9 Å². The van der Waals surface area contributed by atoms with E-state index in [1.807, 2.05) is 30.3 Å².